The minimum absolute atomic E-state index is 0.142. The predicted molar refractivity (Wildman–Crippen MR) is 79.9 cm³/mol. The Balaban J connectivity index is 1.83. The van der Waals surface area contributed by atoms with Crippen LogP contribution in [0, 0.1) is 24.0 Å². The third-order valence-electron chi connectivity index (χ3n) is 3.18. The second-order valence-corrected chi connectivity index (χ2v) is 5.02. The third kappa shape index (κ3) is 2.73. The van der Waals surface area contributed by atoms with Crippen molar-refractivity contribution in [3.05, 3.63) is 63.7 Å². The molecule has 0 atom stereocenters. The van der Waals surface area contributed by atoms with Crippen LogP contribution in [0.25, 0.3) is 5.65 Å². The Morgan fingerprint density at radius 3 is 2.77 bits per heavy atom. The van der Waals surface area contributed by atoms with E-state index in [1.54, 1.807) is 19.1 Å². The summed E-state index contributed by atoms with van der Waals surface area (Å²) in [6.45, 7) is 3.84. The normalized spacial score (nSPS) is 10.8. The lowest BCUT2D eigenvalue weighted by Crippen LogP contribution is -2.01. The number of imidazole rings is 1. The Morgan fingerprint density at radius 2 is 2.00 bits per heavy atom. The summed E-state index contributed by atoms with van der Waals surface area (Å²) >= 11 is 0. The maximum Gasteiger partial charge on any atom is 0.406 e. The first-order valence-corrected chi connectivity index (χ1v) is 6.72. The van der Waals surface area contributed by atoms with Crippen molar-refractivity contribution in [1.29, 1.82) is 0 Å². The van der Waals surface area contributed by atoms with Crippen LogP contribution in [0.15, 0.2) is 36.7 Å². The van der Waals surface area contributed by atoms with Gasteiger partial charge in [-0.15, -0.1) is 0 Å². The van der Waals surface area contributed by atoms with Gasteiger partial charge in [-0.25, -0.2) is 4.98 Å². The fourth-order valence-electron chi connectivity index (χ4n) is 2.15. The molecule has 0 radical (unpaired) electrons. The first kappa shape index (κ1) is 14.0. The number of nitrogens with zero attached hydrogens (tertiary/aromatic N) is 4. The summed E-state index contributed by atoms with van der Waals surface area (Å²) in [6.07, 6.45) is 3.80. The molecular formula is C15H14N4O3. The summed E-state index contributed by atoms with van der Waals surface area (Å²) in [6, 6.07) is 7.12. The number of aryl methyl sites for hydroxylation is 2. The first-order chi connectivity index (χ1) is 10.5. The predicted octanol–water partition coefficient (Wildman–Crippen LogP) is 2.83. The fraction of sp³-hybridized carbons (Fsp3) is 0.200. The minimum atomic E-state index is -0.546. The monoisotopic (exact) mass is 298 g/mol. The van der Waals surface area contributed by atoms with Crippen molar-refractivity contribution in [2.24, 2.45) is 0 Å². The molecule has 7 nitrogen and oxygen atoms in total. The molecule has 0 saturated carbocycles. The standard InChI is InChI=1S/C15H14N4O3/c1-10-3-6-14-17-12(8-18(14)7-10)9-22-13-5-4-11(2)16-15(13)19(20)21/h3-8H,9H2,1-2H3. The van der Waals surface area contributed by atoms with E-state index in [4.69, 9.17) is 4.74 Å². The molecule has 22 heavy (non-hydrogen) atoms. The fourth-order valence-corrected chi connectivity index (χ4v) is 2.15. The van der Waals surface area contributed by atoms with Crippen molar-refractivity contribution >= 4 is 11.5 Å². The molecule has 0 bridgehead atoms. The molecule has 112 valence electrons. The van der Waals surface area contributed by atoms with Crippen LogP contribution < -0.4 is 4.74 Å². The van der Waals surface area contributed by atoms with Crippen LogP contribution in [0.3, 0.4) is 0 Å². The lowest BCUT2D eigenvalue weighted by Gasteiger charge is -2.04. The number of nitro groups is 1. The highest BCUT2D eigenvalue weighted by molar-refractivity contribution is 5.42. The van der Waals surface area contributed by atoms with Crippen molar-refractivity contribution in [3.8, 4) is 5.75 Å². The number of hydrogen-bond acceptors (Lipinski definition) is 5. The van der Waals surface area contributed by atoms with Crippen LogP contribution in [0.1, 0.15) is 17.0 Å². The summed E-state index contributed by atoms with van der Waals surface area (Å²) < 4.78 is 7.42. The molecule has 3 rings (SSSR count). The number of aromatic nitrogens is 3. The average Bonchev–Trinajstić information content (AvgIpc) is 2.87. The van der Waals surface area contributed by atoms with Crippen molar-refractivity contribution in [1.82, 2.24) is 14.4 Å². The molecule has 0 aliphatic heterocycles. The highest BCUT2D eigenvalue weighted by Gasteiger charge is 2.18. The van der Waals surface area contributed by atoms with Crippen LogP contribution in [0.2, 0.25) is 0 Å². The van der Waals surface area contributed by atoms with Gasteiger partial charge in [0.1, 0.15) is 17.9 Å². The van der Waals surface area contributed by atoms with Crippen molar-refractivity contribution < 1.29 is 9.66 Å². The Hall–Kier alpha value is -2.96. The van der Waals surface area contributed by atoms with Gasteiger partial charge >= 0.3 is 5.82 Å². The van der Waals surface area contributed by atoms with Crippen molar-refractivity contribution in [2.75, 3.05) is 0 Å². The molecule has 0 amide bonds. The molecule has 3 aromatic rings. The molecule has 0 fully saturated rings. The van der Waals surface area contributed by atoms with Gasteiger partial charge in [-0.1, -0.05) is 6.07 Å². The summed E-state index contributed by atoms with van der Waals surface area (Å²) in [5, 5.41) is 11.0. The lowest BCUT2D eigenvalue weighted by atomic mass is 10.3. The summed E-state index contributed by atoms with van der Waals surface area (Å²) in [4.78, 5) is 18.8. The van der Waals surface area contributed by atoms with Crippen LogP contribution in [0.5, 0.6) is 5.75 Å². The zero-order valence-corrected chi connectivity index (χ0v) is 12.2. The largest absolute Gasteiger partial charge is 0.479 e. The molecule has 0 aliphatic rings. The van der Waals surface area contributed by atoms with E-state index in [9.17, 15) is 10.1 Å². The molecule has 7 heteroatoms. The SMILES string of the molecule is Cc1ccc2nc(COc3ccc(C)nc3[N+](=O)[O-])cn2c1. The van der Waals surface area contributed by atoms with E-state index in [2.05, 4.69) is 9.97 Å². The number of pyridine rings is 2. The van der Waals surface area contributed by atoms with Gasteiger partial charge < -0.3 is 19.3 Å². The maximum absolute atomic E-state index is 11.0. The summed E-state index contributed by atoms with van der Waals surface area (Å²) in [5.74, 6) is -0.136. The van der Waals surface area contributed by atoms with Crippen molar-refractivity contribution in [3.63, 3.8) is 0 Å². The molecule has 0 spiro atoms. The van der Waals surface area contributed by atoms with Gasteiger partial charge in [-0.05, 0) is 40.6 Å². The second-order valence-electron chi connectivity index (χ2n) is 5.02. The molecular weight excluding hydrogens is 284 g/mol. The molecule has 0 saturated heterocycles. The van der Waals surface area contributed by atoms with E-state index in [1.165, 1.54) is 0 Å². The summed E-state index contributed by atoms with van der Waals surface area (Å²) in [5.41, 5.74) is 3.19. The highest BCUT2D eigenvalue weighted by atomic mass is 16.6. The van der Waals surface area contributed by atoms with Gasteiger partial charge in [0.05, 0.1) is 5.69 Å². The second kappa shape index (κ2) is 5.44. The highest BCUT2D eigenvalue weighted by Crippen LogP contribution is 2.25. The number of fused-ring (bicyclic) bond motifs is 1. The molecule has 0 N–H and O–H groups in total. The quantitative estimate of drug-likeness (QED) is 0.546. The van der Waals surface area contributed by atoms with E-state index in [1.807, 2.05) is 35.9 Å². The summed E-state index contributed by atoms with van der Waals surface area (Å²) in [7, 11) is 0. The van der Waals surface area contributed by atoms with E-state index < -0.39 is 4.92 Å². The Bertz CT molecular complexity index is 857. The van der Waals surface area contributed by atoms with Gasteiger partial charge in [-0.2, -0.15) is 0 Å². The van der Waals surface area contributed by atoms with Gasteiger partial charge in [0.2, 0.25) is 5.75 Å². The van der Waals surface area contributed by atoms with E-state index >= 15 is 0 Å². The van der Waals surface area contributed by atoms with Crippen LogP contribution in [-0.4, -0.2) is 19.3 Å². The van der Waals surface area contributed by atoms with Crippen molar-refractivity contribution in [2.45, 2.75) is 20.5 Å². The minimum Gasteiger partial charge on any atom is -0.479 e. The van der Waals surface area contributed by atoms with E-state index in [-0.39, 0.29) is 18.2 Å². The van der Waals surface area contributed by atoms with Gasteiger partial charge in [0.15, 0.2) is 0 Å². The first-order valence-electron chi connectivity index (χ1n) is 6.72. The van der Waals surface area contributed by atoms with Gasteiger partial charge in [0, 0.05) is 19.3 Å². The molecule has 0 aromatic carbocycles. The van der Waals surface area contributed by atoms with Crippen LogP contribution in [0.4, 0.5) is 5.82 Å². The zero-order valence-electron chi connectivity index (χ0n) is 12.2. The van der Waals surface area contributed by atoms with E-state index in [0.717, 1.165) is 11.2 Å². The lowest BCUT2D eigenvalue weighted by molar-refractivity contribution is -0.390. The zero-order chi connectivity index (χ0) is 15.7. The maximum atomic E-state index is 11.0. The molecule has 0 aliphatic carbocycles. The van der Waals surface area contributed by atoms with Crippen LogP contribution >= 0.6 is 0 Å². The van der Waals surface area contributed by atoms with E-state index in [0.29, 0.717) is 11.4 Å². The number of ether oxygens (including phenoxy) is 1. The molecule has 0 unspecified atom stereocenters. The van der Waals surface area contributed by atoms with Gasteiger partial charge in [-0.3, -0.25) is 0 Å². The Labute approximate surface area is 126 Å². The number of hydrogen-bond donors (Lipinski definition) is 0. The molecule has 3 aromatic heterocycles. The average molecular weight is 298 g/mol. The smallest absolute Gasteiger partial charge is 0.406 e. The molecule has 3 heterocycles. The van der Waals surface area contributed by atoms with Crippen LogP contribution in [-0.2, 0) is 6.61 Å². The van der Waals surface area contributed by atoms with Gasteiger partial charge in [0.25, 0.3) is 0 Å². The Kier molecular flexibility index (Phi) is 3.46. The topological polar surface area (TPSA) is 82.6 Å². The number of rotatable bonds is 4. The third-order valence-corrected chi connectivity index (χ3v) is 3.18. The Morgan fingerprint density at radius 1 is 1.18 bits per heavy atom.